The summed E-state index contributed by atoms with van der Waals surface area (Å²) in [6, 6.07) is 61.0. The summed E-state index contributed by atoms with van der Waals surface area (Å²) in [7, 11) is 0. The molecule has 0 aliphatic heterocycles. The number of nitrogens with zero attached hydrogens (tertiary/aromatic N) is 3. The number of benzene rings is 8. The smallest absolute Gasteiger partial charge is 0.125 e. The van der Waals surface area contributed by atoms with Gasteiger partial charge in [0.25, 0.3) is 0 Å². The van der Waals surface area contributed by atoms with Gasteiger partial charge in [0, 0.05) is 33.6 Å². The maximum Gasteiger partial charge on any atom is 0.125 e. The highest BCUT2D eigenvalue weighted by molar-refractivity contribution is 6.19. The number of para-hydroxylation sites is 1. The second kappa shape index (κ2) is 12.4. The SMILES string of the molecule is Fc1cccc(N(c2ccccc2)c2ccc(-c3ccc4ccc5ccc6nc(-c7ccccc7)c(-c7ccccc7)nc6c5c4c3)cc2)c1. The molecule has 0 spiro atoms. The van der Waals surface area contributed by atoms with Crippen molar-refractivity contribution in [3.63, 3.8) is 0 Å². The van der Waals surface area contributed by atoms with Crippen molar-refractivity contribution in [3.05, 3.63) is 188 Å². The Balaban J connectivity index is 1.20. The van der Waals surface area contributed by atoms with Crippen LogP contribution in [0.3, 0.4) is 0 Å². The van der Waals surface area contributed by atoms with Crippen LogP contribution in [0.1, 0.15) is 0 Å². The van der Waals surface area contributed by atoms with Crippen molar-refractivity contribution < 1.29 is 4.39 Å². The van der Waals surface area contributed by atoms with Crippen molar-refractivity contribution in [2.24, 2.45) is 0 Å². The Labute approximate surface area is 289 Å². The maximum absolute atomic E-state index is 14.4. The third-order valence-electron chi connectivity index (χ3n) is 9.27. The van der Waals surface area contributed by atoms with E-state index in [9.17, 15) is 4.39 Å². The Morgan fingerprint density at radius 3 is 1.66 bits per heavy atom. The van der Waals surface area contributed by atoms with Gasteiger partial charge >= 0.3 is 0 Å². The van der Waals surface area contributed by atoms with Crippen molar-refractivity contribution in [3.8, 4) is 33.6 Å². The lowest BCUT2D eigenvalue weighted by Gasteiger charge is -2.25. The molecule has 9 rings (SSSR count). The number of halogens is 1. The van der Waals surface area contributed by atoms with Crippen LogP contribution in [0.4, 0.5) is 21.5 Å². The zero-order valence-corrected chi connectivity index (χ0v) is 27.0. The Morgan fingerprint density at radius 1 is 0.400 bits per heavy atom. The molecule has 0 bridgehead atoms. The summed E-state index contributed by atoms with van der Waals surface area (Å²) < 4.78 is 14.4. The van der Waals surface area contributed by atoms with Gasteiger partial charge in [-0.15, -0.1) is 0 Å². The van der Waals surface area contributed by atoms with Gasteiger partial charge in [0.15, 0.2) is 0 Å². The first-order valence-corrected chi connectivity index (χ1v) is 16.7. The van der Waals surface area contributed by atoms with Crippen molar-refractivity contribution >= 4 is 49.6 Å². The standard InChI is InChI=1S/C46H30FN3/c47-37-15-10-18-40(30-37)50(38-16-8-3-9-17-38)39-26-23-31(24-27-39)36-22-20-32-19-21-33-25-28-42-46(43(33)41(32)29-36)49-45(35-13-6-2-7-14-35)44(48-42)34-11-4-1-5-12-34/h1-30H. The molecule has 1 heterocycles. The lowest BCUT2D eigenvalue weighted by Crippen LogP contribution is -2.09. The van der Waals surface area contributed by atoms with Crippen LogP contribution in [0.2, 0.25) is 0 Å². The lowest BCUT2D eigenvalue weighted by molar-refractivity contribution is 0.628. The molecule has 0 unspecified atom stereocenters. The fourth-order valence-electron chi connectivity index (χ4n) is 6.87. The van der Waals surface area contributed by atoms with E-state index in [1.54, 1.807) is 12.1 Å². The number of fused-ring (bicyclic) bond motifs is 5. The minimum Gasteiger partial charge on any atom is -0.310 e. The summed E-state index contributed by atoms with van der Waals surface area (Å²) in [5, 5.41) is 4.47. The predicted octanol–water partition coefficient (Wildman–Crippen LogP) is 12.5. The summed E-state index contributed by atoms with van der Waals surface area (Å²) >= 11 is 0. The molecule has 0 N–H and O–H groups in total. The first-order chi connectivity index (χ1) is 24.7. The van der Waals surface area contributed by atoms with E-state index in [1.807, 2.05) is 72.8 Å². The molecule has 0 aliphatic carbocycles. The van der Waals surface area contributed by atoms with Gasteiger partial charge in [-0.3, -0.25) is 0 Å². The molecule has 8 aromatic carbocycles. The Kier molecular flexibility index (Phi) is 7.33. The van der Waals surface area contributed by atoms with Crippen LogP contribution in [0.25, 0.3) is 66.2 Å². The van der Waals surface area contributed by atoms with E-state index in [1.165, 1.54) is 6.07 Å². The van der Waals surface area contributed by atoms with E-state index in [0.29, 0.717) is 0 Å². The van der Waals surface area contributed by atoms with Crippen LogP contribution < -0.4 is 4.90 Å². The van der Waals surface area contributed by atoms with Crippen molar-refractivity contribution in [1.82, 2.24) is 9.97 Å². The van der Waals surface area contributed by atoms with Crippen LogP contribution in [0.5, 0.6) is 0 Å². The summed E-state index contributed by atoms with van der Waals surface area (Å²) in [6.45, 7) is 0. The topological polar surface area (TPSA) is 29.0 Å². The summed E-state index contributed by atoms with van der Waals surface area (Å²) in [5.74, 6) is -0.271. The van der Waals surface area contributed by atoms with Crippen LogP contribution >= 0.6 is 0 Å². The first-order valence-electron chi connectivity index (χ1n) is 16.7. The van der Waals surface area contributed by atoms with Crippen LogP contribution in [-0.2, 0) is 0 Å². The molecule has 236 valence electrons. The fourth-order valence-corrected chi connectivity index (χ4v) is 6.87. The Morgan fingerprint density at radius 2 is 0.960 bits per heavy atom. The molecule has 0 amide bonds. The summed E-state index contributed by atoms with van der Waals surface area (Å²) in [6.07, 6.45) is 0. The van der Waals surface area contributed by atoms with Crippen molar-refractivity contribution in [2.45, 2.75) is 0 Å². The highest BCUT2D eigenvalue weighted by Gasteiger charge is 2.17. The molecule has 3 nitrogen and oxygen atoms in total. The van der Waals surface area contributed by atoms with Gasteiger partial charge in [0.05, 0.1) is 22.4 Å². The average Bonchev–Trinajstić information content (AvgIpc) is 3.18. The minimum absolute atomic E-state index is 0.271. The van der Waals surface area contributed by atoms with Gasteiger partial charge in [-0.2, -0.15) is 0 Å². The lowest BCUT2D eigenvalue weighted by atomic mass is 9.95. The molecule has 1 aromatic heterocycles. The number of aromatic nitrogens is 2. The molecule has 50 heavy (non-hydrogen) atoms. The largest absolute Gasteiger partial charge is 0.310 e. The first kappa shape index (κ1) is 29.5. The number of anilines is 3. The van der Waals surface area contributed by atoms with E-state index in [0.717, 1.165) is 83.3 Å². The molecule has 0 saturated carbocycles. The third kappa shape index (κ3) is 5.33. The predicted molar refractivity (Wildman–Crippen MR) is 205 cm³/mol. The molecule has 4 heteroatoms. The average molecular weight is 644 g/mol. The quantitative estimate of drug-likeness (QED) is 0.169. The van der Waals surface area contributed by atoms with Gasteiger partial charge in [0.2, 0.25) is 0 Å². The molecule has 0 fully saturated rings. The number of hydrogen-bond acceptors (Lipinski definition) is 3. The van der Waals surface area contributed by atoms with E-state index in [2.05, 4.69) is 95.9 Å². The molecule has 9 aromatic rings. The number of hydrogen-bond donors (Lipinski definition) is 0. The monoisotopic (exact) mass is 643 g/mol. The second-order valence-electron chi connectivity index (χ2n) is 12.4. The van der Waals surface area contributed by atoms with E-state index < -0.39 is 0 Å². The van der Waals surface area contributed by atoms with Gasteiger partial charge in [-0.1, -0.05) is 127 Å². The van der Waals surface area contributed by atoms with Crippen LogP contribution in [0, 0.1) is 5.82 Å². The zero-order chi connectivity index (χ0) is 33.4. The molecular weight excluding hydrogens is 614 g/mol. The molecule has 0 aliphatic rings. The van der Waals surface area contributed by atoms with Crippen molar-refractivity contribution in [2.75, 3.05) is 4.90 Å². The highest BCUT2D eigenvalue weighted by Crippen LogP contribution is 2.39. The van der Waals surface area contributed by atoms with Crippen LogP contribution in [-0.4, -0.2) is 9.97 Å². The molecular formula is C46H30FN3. The Bertz CT molecular complexity index is 2640. The highest BCUT2D eigenvalue weighted by atomic mass is 19.1. The molecule has 0 atom stereocenters. The van der Waals surface area contributed by atoms with E-state index in [4.69, 9.17) is 9.97 Å². The Hall–Kier alpha value is -6.65. The van der Waals surface area contributed by atoms with E-state index in [-0.39, 0.29) is 5.82 Å². The number of rotatable bonds is 6. The van der Waals surface area contributed by atoms with E-state index >= 15 is 0 Å². The molecule has 0 radical (unpaired) electrons. The fraction of sp³-hybridized carbons (Fsp3) is 0. The van der Waals surface area contributed by atoms with Gasteiger partial charge in [0.1, 0.15) is 5.82 Å². The van der Waals surface area contributed by atoms with Crippen LogP contribution in [0.15, 0.2) is 182 Å². The van der Waals surface area contributed by atoms with Crippen molar-refractivity contribution in [1.29, 1.82) is 0 Å². The van der Waals surface area contributed by atoms with Gasteiger partial charge in [-0.05, 0) is 81.9 Å². The summed E-state index contributed by atoms with van der Waals surface area (Å²) in [4.78, 5) is 12.7. The second-order valence-corrected chi connectivity index (χ2v) is 12.4. The summed E-state index contributed by atoms with van der Waals surface area (Å²) in [5.41, 5.74) is 10.4. The maximum atomic E-state index is 14.4. The third-order valence-corrected chi connectivity index (χ3v) is 9.27. The van der Waals surface area contributed by atoms with Gasteiger partial charge in [-0.25, -0.2) is 14.4 Å². The minimum atomic E-state index is -0.271. The van der Waals surface area contributed by atoms with Gasteiger partial charge < -0.3 is 4.90 Å². The zero-order valence-electron chi connectivity index (χ0n) is 27.0. The normalized spacial score (nSPS) is 11.3. The molecule has 0 saturated heterocycles.